The molecule has 31 heavy (non-hydrogen) atoms. The summed E-state index contributed by atoms with van der Waals surface area (Å²) in [4.78, 5) is 13.9. The molecule has 0 saturated carbocycles. The predicted molar refractivity (Wildman–Crippen MR) is 112 cm³/mol. The topological polar surface area (TPSA) is 61.8 Å². The number of rotatable bonds is 6. The van der Waals surface area contributed by atoms with Crippen LogP contribution in [0.3, 0.4) is 0 Å². The number of aliphatic carboxylic acids is 1. The number of thioether (sulfide) groups is 1. The molecule has 164 valence electrons. The van der Waals surface area contributed by atoms with Crippen LogP contribution in [0.2, 0.25) is 0 Å². The Morgan fingerprint density at radius 3 is 2.68 bits per heavy atom. The van der Waals surface area contributed by atoms with Gasteiger partial charge in [-0.1, -0.05) is 18.2 Å². The second-order valence-electron chi connectivity index (χ2n) is 7.45. The molecule has 2 heterocycles. The number of alkyl halides is 3. The van der Waals surface area contributed by atoms with Crippen LogP contribution in [0, 0.1) is 0 Å². The second-order valence-corrected chi connectivity index (χ2v) is 8.50. The number of allylic oxidation sites excluding steroid dienone is 1. The molecule has 2 aromatic rings. The average Bonchev–Trinajstić information content (AvgIpc) is 3.28. The number of hydrogen-bond donors (Lipinski definition) is 2. The number of carbonyl (C=O) groups is 1. The van der Waals surface area contributed by atoms with Gasteiger partial charge in [0.1, 0.15) is 12.3 Å². The smallest absolute Gasteiger partial charge is 0.416 e. The molecule has 5 nitrogen and oxygen atoms in total. The highest BCUT2D eigenvalue weighted by Gasteiger charge is 2.31. The van der Waals surface area contributed by atoms with Crippen LogP contribution in [0.15, 0.2) is 58.8 Å². The van der Waals surface area contributed by atoms with Gasteiger partial charge in [0.25, 0.3) is 0 Å². The van der Waals surface area contributed by atoms with Crippen molar-refractivity contribution >= 4 is 23.4 Å². The maximum atomic E-state index is 12.8. The maximum absolute atomic E-state index is 12.8. The first-order valence-corrected chi connectivity index (χ1v) is 10.7. The fraction of sp³-hybridized carbons (Fsp3) is 0.318. The highest BCUT2D eigenvalue weighted by atomic mass is 32.2. The normalized spacial score (nSPS) is 18.1. The van der Waals surface area contributed by atoms with Crippen LogP contribution < -0.4 is 10.2 Å². The van der Waals surface area contributed by atoms with E-state index in [4.69, 9.17) is 9.84 Å². The standard InChI is InChI=1S/C22H21F3N2O3S/c1-13-19(30-21(26-13)15-2-5-16(6-3-15)22(23,24)25)12-31-17-7-4-14-8-9-27(11-20(28)29)18(14)10-17/h2-7,10,21,26H,8-9,11-12H2,1H3,(H,28,29). The number of anilines is 1. The Kier molecular flexibility index (Phi) is 5.79. The quantitative estimate of drug-likeness (QED) is 0.617. The molecule has 0 spiro atoms. The summed E-state index contributed by atoms with van der Waals surface area (Å²) >= 11 is 1.57. The lowest BCUT2D eigenvalue weighted by atomic mass is 10.1. The number of carboxylic acid groups (broad SMARTS) is 1. The number of halogens is 3. The lowest BCUT2D eigenvalue weighted by Gasteiger charge is -2.17. The molecule has 0 saturated heterocycles. The summed E-state index contributed by atoms with van der Waals surface area (Å²) in [5.41, 5.74) is 2.86. The predicted octanol–water partition coefficient (Wildman–Crippen LogP) is 4.79. The highest BCUT2D eigenvalue weighted by Crippen LogP contribution is 2.36. The largest absolute Gasteiger partial charge is 0.480 e. The number of nitrogens with zero attached hydrogens (tertiary/aromatic N) is 1. The Labute approximate surface area is 181 Å². The first kappa shape index (κ1) is 21.4. The molecule has 0 bridgehead atoms. The molecule has 0 radical (unpaired) electrons. The van der Waals surface area contributed by atoms with Gasteiger partial charge in [-0.25, -0.2) is 0 Å². The van der Waals surface area contributed by atoms with Gasteiger partial charge in [0.2, 0.25) is 0 Å². The minimum atomic E-state index is -4.37. The third kappa shape index (κ3) is 4.76. The Balaban J connectivity index is 1.39. The van der Waals surface area contributed by atoms with Gasteiger partial charge in [-0.2, -0.15) is 13.2 Å². The van der Waals surface area contributed by atoms with Gasteiger partial charge in [-0.05, 0) is 43.2 Å². The monoisotopic (exact) mass is 450 g/mol. The van der Waals surface area contributed by atoms with Gasteiger partial charge in [-0.3, -0.25) is 4.79 Å². The fourth-order valence-electron chi connectivity index (χ4n) is 3.67. The molecule has 0 fully saturated rings. The third-order valence-electron chi connectivity index (χ3n) is 5.31. The molecule has 0 amide bonds. The van der Waals surface area contributed by atoms with Crippen LogP contribution in [0.4, 0.5) is 18.9 Å². The highest BCUT2D eigenvalue weighted by molar-refractivity contribution is 7.99. The van der Waals surface area contributed by atoms with E-state index in [1.807, 2.05) is 30.0 Å². The van der Waals surface area contributed by atoms with Crippen molar-refractivity contribution in [3.63, 3.8) is 0 Å². The van der Waals surface area contributed by atoms with Crippen LogP contribution in [-0.4, -0.2) is 29.9 Å². The van der Waals surface area contributed by atoms with Crippen LogP contribution >= 0.6 is 11.8 Å². The third-order valence-corrected chi connectivity index (χ3v) is 6.31. The molecule has 1 atom stereocenters. The number of nitrogens with one attached hydrogen (secondary N) is 1. The second kappa shape index (κ2) is 8.37. The van der Waals surface area contributed by atoms with Crippen molar-refractivity contribution in [1.82, 2.24) is 5.32 Å². The molecule has 9 heteroatoms. The molecule has 2 aliphatic heterocycles. The van der Waals surface area contributed by atoms with Crippen molar-refractivity contribution < 1.29 is 27.8 Å². The van der Waals surface area contributed by atoms with Crippen molar-refractivity contribution in [2.75, 3.05) is 23.7 Å². The van der Waals surface area contributed by atoms with E-state index in [-0.39, 0.29) is 6.54 Å². The van der Waals surface area contributed by atoms with Crippen molar-refractivity contribution in [2.45, 2.75) is 30.6 Å². The van der Waals surface area contributed by atoms with E-state index >= 15 is 0 Å². The zero-order valence-electron chi connectivity index (χ0n) is 16.7. The van der Waals surface area contributed by atoms with E-state index in [0.717, 1.165) is 46.2 Å². The van der Waals surface area contributed by atoms with Gasteiger partial charge < -0.3 is 20.1 Å². The van der Waals surface area contributed by atoms with E-state index in [0.29, 0.717) is 17.9 Å². The summed E-state index contributed by atoms with van der Waals surface area (Å²) in [6.45, 7) is 2.55. The number of carboxylic acids is 1. The van der Waals surface area contributed by atoms with Crippen LogP contribution in [0.25, 0.3) is 0 Å². The molecule has 0 aliphatic carbocycles. The van der Waals surface area contributed by atoms with E-state index in [2.05, 4.69) is 5.32 Å². The summed E-state index contributed by atoms with van der Waals surface area (Å²) in [6, 6.07) is 11.0. The van der Waals surface area contributed by atoms with Crippen molar-refractivity contribution in [2.24, 2.45) is 0 Å². The number of hydrogen-bond acceptors (Lipinski definition) is 5. The van der Waals surface area contributed by atoms with Gasteiger partial charge >= 0.3 is 12.1 Å². The maximum Gasteiger partial charge on any atom is 0.416 e. The van der Waals surface area contributed by atoms with Crippen LogP contribution in [0.5, 0.6) is 0 Å². The lowest BCUT2D eigenvalue weighted by Crippen LogP contribution is -2.27. The Morgan fingerprint density at radius 1 is 1.26 bits per heavy atom. The molecule has 2 N–H and O–H groups in total. The minimum absolute atomic E-state index is 0.0206. The van der Waals surface area contributed by atoms with Crippen molar-refractivity contribution in [3.8, 4) is 0 Å². The molecular formula is C22H21F3N2O3S. The van der Waals surface area contributed by atoms with E-state index in [1.165, 1.54) is 12.1 Å². The summed E-state index contributed by atoms with van der Waals surface area (Å²) in [5, 5.41) is 12.3. The van der Waals surface area contributed by atoms with Crippen molar-refractivity contribution in [3.05, 3.63) is 70.6 Å². The SMILES string of the molecule is CC1=C(CSc2ccc3c(c2)N(CC(=O)O)CC3)OC(c2ccc(C(F)(F)F)cc2)N1. The minimum Gasteiger partial charge on any atom is -0.480 e. The molecular weight excluding hydrogens is 429 g/mol. The molecule has 1 unspecified atom stereocenters. The van der Waals surface area contributed by atoms with Crippen LogP contribution in [0.1, 0.15) is 29.8 Å². The van der Waals surface area contributed by atoms with Crippen LogP contribution in [-0.2, 0) is 22.1 Å². The Bertz CT molecular complexity index is 1020. The van der Waals surface area contributed by atoms with E-state index in [1.54, 1.807) is 11.8 Å². The van der Waals surface area contributed by atoms with Gasteiger partial charge in [0, 0.05) is 28.4 Å². The summed E-state index contributed by atoms with van der Waals surface area (Å²) in [7, 11) is 0. The number of fused-ring (bicyclic) bond motifs is 1. The van der Waals surface area contributed by atoms with Gasteiger partial charge in [0.15, 0.2) is 6.23 Å². The molecule has 0 aromatic heterocycles. The number of benzene rings is 2. The summed E-state index contributed by atoms with van der Waals surface area (Å²) in [6.07, 6.45) is -4.06. The Hall–Kier alpha value is -2.81. The van der Waals surface area contributed by atoms with E-state index < -0.39 is 23.9 Å². The van der Waals surface area contributed by atoms with Crippen molar-refractivity contribution in [1.29, 1.82) is 0 Å². The Morgan fingerprint density at radius 2 is 2.00 bits per heavy atom. The molecule has 4 rings (SSSR count). The molecule has 2 aromatic carbocycles. The zero-order chi connectivity index (χ0) is 22.2. The number of ether oxygens (including phenoxy) is 1. The lowest BCUT2D eigenvalue weighted by molar-refractivity contribution is -0.137. The fourth-order valence-corrected chi connectivity index (χ4v) is 4.61. The summed E-state index contributed by atoms with van der Waals surface area (Å²) < 4.78 is 44.2. The summed E-state index contributed by atoms with van der Waals surface area (Å²) in [5.74, 6) is 0.428. The molecule has 2 aliphatic rings. The van der Waals surface area contributed by atoms with Gasteiger partial charge in [-0.15, -0.1) is 11.8 Å². The zero-order valence-corrected chi connectivity index (χ0v) is 17.5. The first-order valence-electron chi connectivity index (χ1n) is 9.73. The van der Waals surface area contributed by atoms with Gasteiger partial charge in [0.05, 0.1) is 11.3 Å². The first-order chi connectivity index (χ1) is 14.7. The average molecular weight is 450 g/mol. The van der Waals surface area contributed by atoms with E-state index in [9.17, 15) is 18.0 Å².